The molecule has 124 valence electrons. The summed E-state index contributed by atoms with van der Waals surface area (Å²) < 4.78 is 22.2. The molecule has 1 aliphatic rings. The van der Waals surface area contributed by atoms with Crippen molar-refractivity contribution in [2.24, 2.45) is 7.05 Å². The SMILES string of the molecule is Cc1cc(-c2cnc3c(c2)n(CC2CCO2)c(=O)n3C)ccc1F. The van der Waals surface area contributed by atoms with Crippen LogP contribution in [0.5, 0.6) is 0 Å². The van der Waals surface area contributed by atoms with E-state index in [0.29, 0.717) is 17.8 Å². The second-order valence-electron chi connectivity index (χ2n) is 6.26. The summed E-state index contributed by atoms with van der Waals surface area (Å²) in [5.41, 5.74) is 3.64. The molecule has 1 unspecified atom stereocenters. The quantitative estimate of drug-likeness (QED) is 0.743. The Morgan fingerprint density at radius 1 is 1.33 bits per heavy atom. The van der Waals surface area contributed by atoms with Crippen LogP contribution in [0.4, 0.5) is 4.39 Å². The second-order valence-corrected chi connectivity index (χ2v) is 6.26. The standard InChI is InChI=1S/C18H18FN3O2/c1-11-7-12(3-4-15(11)19)13-8-16-17(20-9-13)21(2)18(23)22(16)10-14-5-6-24-14/h3-4,7-9,14H,5-6,10H2,1-2H3. The average Bonchev–Trinajstić information content (AvgIpc) is 2.77. The van der Waals surface area contributed by atoms with Crippen LogP contribution in [0, 0.1) is 12.7 Å². The lowest BCUT2D eigenvalue weighted by molar-refractivity contribution is -0.0591. The van der Waals surface area contributed by atoms with E-state index in [1.165, 1.54) is 6.07 Å². The number of aryl methyl sites for hydroxylation is 2. The molecule has 1 aromatic carbocycles. The van der Waals surface area contributed by atoms with Gasteiger partial charge < -0.3 is 4.74 Å². The molecule has 0 aliphatic carbocycles. The third kappa shape index (κ3) is 2.34. The largest absolute Gasteiger partial charge is 0.376 e. The summed E-state index contributed by atoms with van der Waals surface area (Å²) >= 11 is 0. The first-order valence-corrected chi connectivity index (χ1v) is 7.98. The van der Waals surface area contributed by atoms with Crippen molar-refractivity contribution in [3.8, 4) is 11.1 Å². The van der Waals surface area contributed by atoms with Gasteiger partial charge in [0.25, 0.3) is 0 Å². The van der Waals surface area contributed by atoms with Crippen molar-refractivity contribution < 1.29 is 9.13 Å². The number of pyridine rings is 1. The second kappa shape index (κ2) is 5.56. The van der Waals surface area contributed by atoms with Gasteiger partial charge in [0.05, 0.1) is 18.2 Å². The molecule has 0 saturated carbocycles. The minimum atomic E-state index is -0.230. The van der Waals surface area contributed by atoms with Gasteiger partial charge in [-0.15, -0.1) is 0 Å². The third-order valence-electron chi connectivity index (χ3n) is 4.64. The molecule has 0 N–H and O–H groups in total. The van der Waals surface area contributed by atoms with Gasteiger partial charge in [-0.05, 0) is 42.7 Å². The van der Waals surface area contributed by atoms with Crippen molar-refractivity contribution in [3.05, 3.63) is 52.3 Å². The Morgan fingerprint density at radius 2 is 2.12 bits per heavy atom. The molecule has 6 heteroatoms. The van der Waals surface area contributed by atoms with Gasteiger partial charge in [-0.2, -0.15) is 0 Å². The Balaban J connectivity index is 1.85. The first-order valence-electron chi connectivity index (χ1n) is 7.98. The van der Waals surface area contributed by atoms with Crippen molar-refractivity contribution in [1.29, 1.82) is 0 Å². The fourth-order valence-corrected chi connectivity index (χ4v) is 3.07. The van der Waals surface area contributed by atoms with Gasteiger partial charge in [0.15, 0.2) is 5.65 Å². The highest BCUT2D eigenvalue weighted by molar-refractivity contribution is 5.79. The van der Waals surface area contributed by atoms with E-state index in [-0.39, 0.29) is 17.6 Å². The maximum Gasteiger partial charge on any atom is 0.330 e. The average molecular weight is 327 g/mol. The van der Waals surface area contributed by atoms with E-state index in [2.05, 4.69) is 4.98 Å². The van der Waals surface area contributed by atoms with Crippen molar-refractivity contribution in [1.82, 2.24) is 14.1 Å². The van der Waals surface area contributed by atoms with Gasteiger partial charge in [-0.3, -0.25) is 9.13 Å². The summed E-state index contributed by atoms with van der Waals surface area (Å²) in [5.74, 6) is -0.230. The predicted molar refractivity (Wildman–Crippen MR) is 89.5 cm³/mol. The molecule has 1 aliphatic heterocycles. The molecule has 1 fully saturated rings. The van der Waals surface area contributed by atoms with Crippen LogP contribution in [0.1, 0.15) is 12.0 Å². The van der Waals surface area contributed by atoms with Crippen LogP contribution in [0.25, 0.3) is 22.3 Å². The number of benzene rings is 1. The van der Waals surface area contributed by atoms with Crippen molar-refractivity contribution in [2.45, 2.75) is 26.0 Å². The first kappa shape index (κ1) is 15.1. The minimum Gasteiger partial charge on any atom is -0.376 e. The summed E-state index contributed by atoms with van der Waals surface area (Å²) in [6.07, 6.45) is 2.77. The molecule has 1 saturated heterocycles. The van der Waals surface area contributed by atoms with E-state index in [1.54, 1.807) is 41.4 Å². The lowest BCUT2D eigenvalue weighted by Gasteiger charge is -2.26. The number of rotatable bonds is 3. The zero-order chi connectivity index (χ0) is 16.8. The predicted octanol–water partition coefficient (Wildman–Crippen LogP) is 2.64. The number of fused-ring (bicyclic) bond motifs is 1. The molecule has 0 radical (unpaired) electrons. The van der Waals surface area contributed by atoms with Crippen LogP contribution in [0.3, 0.4) is 0 Å². The molecule has 3 heterocycles. The van der Waals surface area contributed by atoms with Crippen LogP contribution in [-0.4, -0.2) is 26.8 Å². The van der Waals surface area contributed by atoms with Crippen molar-refractivity contribution in [2.75, 3.05) is 6.61 Å². The minimum absolute atomic E-state index is 0.0880. The zero-order valence-corrected chi connectivity index (χ0v) is 13.6. The molecule has 0 bridgehead atoms. The van der Waals surface area contributed by atoms with Crippen LogP contribution >= 0.6 is 0 Å². The summed E-state index contributed by atoms with van der Waals surface area (Å²) in [4.78, 5) is 16.9. The highest BCUT2D eigenvalue weighted by Gasteiger charge is 2.22. The normalized spacial score (nSPS) is 17.2. The number of hydrogen-bond donors (Lipinski definition) is 0. The number of imidazole rings is 1. The number of aromatic nitrogens is 3. The molecule has 1 atom stereocenters. The maximum absolute atomic E-state index is 13.5. The van der Waals surface area contributed by atoms with Crippen molar-refractivity contribution in [3.63, 3.8) is 0 Å². The number of halogens is 1. The number of nitrogens with zero attached hydrogens (tertiary/aromatic N) is 3. The Labute approximate surface area is 138 Å². The van der Waals surface area contributed by atoms with Crippen LogP contribution < -0.4 is 5.69 Å². The molecule has 5 nitrogen and oxygen atoms in total. The third-order valence-corrected chi connectivity index (χ3v) is 4.64. The van der Waals surface area contributed by atoms with Gasteiger partial charge in [-0.1, -0.05) is 6.07 Å². The first-order chi connectivity index (χ1) is 11.5. The topological polar surface area (TPSA) is 49.1 Å². The van der Waals surface area contributed by atoms with E-state index < -0.39 is 0 Å². The zero-order valence-electron chi connectivity index (χ0n) is 13.6. The van der Waals surface area contributed by atoms with Crippen molar-refractivity contribution >= 4 is 11.2 Å². The Hall–Kier alpha value is -2.47. The Bertz CT molecular complexity index is 986. The van der Waals surface area contributed by atoms with Gasteiger partial charge >= 0.3 is 5.69 Å². The summed E-state index contributed by atoms with van der Waals surface area (Å²) in [6.45, 7) is 3.02. The molecule has 2 aromatic heterocycles. The molecule has 0 amide bonds. The van der Waals surface area contributed by atoms with Crippen LogP contribution in [0.2, 0.25) is 0 Å². The smallest absolute Gasteiger partial charge is 0.330 e. The van der Waals surface area contributed by atoms with E-state index in [1.807, 2.05) is 6.07 Å². The molecular weight excluding hydrogens is 309 g/mol. The van der Waals surface area contributed by atoms with Gasteiger partial charge in [-0.25, -0.2) is 14.2 Å². The maximum atomic E-state index is 13.5. The highest BCUT2D eigenvalue weighted by Crippen LogP contribution is 2.25. The Morgan fingerprint density at radius 3 is 2.79 bits per heavy atom. The van der Waals surface area contributed by atoms with Gasteiger partial charge in [0.1, 0.15) is 5.82 Å². The highest BCUT2D eigenvalue weighted by atomic mass is 19.1. The molecule has 24 heavy (non-hydrogen) atoms. The summed E-state index contributed by atoms with van der Waals surface area (Å²) in [6, 6.07) is 6.91. The molecule has 3 aromatic rings. The fraction of sp³-hybridized carbons (Fsp3) is 0.333. The van der Waals surface area contributed by atoms with Crippen LogP contribution in [0.15, 0.2) is 35.3 Å². The molecular formula is C18H18FN3O2. The summed E-state index contributed by atoms with van der Waals surface area (Å²) in [7, 11) is 1.72. The summed E-state index contributed by atoms with van der Waals surface area (Å²) in [5, 5.41) is 0. The monoisotopic (exact) mass is 327 g/mol. The lowest BCUT2D eigenvalue weighted by atomic mass is 10.0. The van der Waals surface area contributed by atoms with E-state index >= 15 is 0 Å². The Kier molecular flexibility index (Phi) is 3.49. The van der Waals surface area contributed by atoms with Gasteiger partial charge in [0.2, 0.25) is 0 Å². The van der Waals surface area contributed by atoms with E-state index in [9.17, 15) is 9.18 Å². The van der Waals surface area contributed by atoms with Crippen LogP contribution in [-0.2, 0) is 18.3 Å². The molecule has 0 spiro atoms. The fourth-order valence-electron chi connectivity index (χ4n) is 3.07. The molecule has 4 rings (SSSR count). The lowest BCUT2D eigenvalue weighted by Crippen LogP contribution is -2.35. The van der Waals surface area contributed by atoms with Gasteiger partial charge in [0, 0.05) is 25.4 Å². The van der Waals surface area contributed by atoms with E-state index in [4.69, 9.17) is 4.74 Å². The number of hydrogen-bond acceptors (Lipinski definition) is 3. The van der Waals surface area contributed by atoms with E-state index in [0.717, 1.165) is 29.7 Å². The number of ether oxygens (including phenoxy) is 1.